The van der Waals surface area contributed by atoms with Crippen LogP contribution in [0.1, 0.15) is 10.4 Å². The van der Waals surface area contributed by atoms with Crippen molar-refractivity contribution in [1.29, 1.82) is 0 Å². The summed E-state index contributed by atoms with van der Waals surface area (Å²) in [5, 5.41) is 3.06. The Morgan fingerprint density at radius 3 is 2.36 bits per heavy atom. The number of nitrogens with zero attached hydrogens (tertiary/aromatic N) is 1. The van der Waals surface area contributed by atoms with Gasteiger partial charge in [-0.1, -0.05) is 30.3 Å². The van der Waals surface area contributed by atoms with E-state index in [2.05, 4.69) is 9.84 Å². The van der Waals surface area contributed by atoms with Gasteiger partial charge in [-0.15, -0.1) is 0 Å². The van der Waals surface area contributed by atoms with Crippen LogP contribution in [0.15, 0.2) is 65.5 Å². The van der Waals surface area contributed by atoms with Crippen molar-refractivity contribution < 1.29 is 9.53 Å². The number of H-pyrrole nitrogens is 1. The largest absolute Gasteiger partial charge is 0.465 e. The fourth-order valence-corrected chi connectivity index (χ4v) is 2.22. The lowest BCUT2D eigenvalue weighted by Crippen LogP contribution is -2.13. The molecule has 3 aromatic rings. The van der Waals surface area contributed by atoms with Gasteiger partial charge in [-0.3, -0.25) is 9.89 Å². The molecule has 110 valence electrons. The molecule has 0 unspecified atom stereocenters. The molecule has 1 heterocycles. The number of nitrogens with one attached hydrogen (secondary N) is 1. The van der Waals surface area contributed by atoms with Crippen molar-refractivity contribution in [1.82, 2.24) is 9.78 Å². The summed E-state index contributed by atoms with van der Waals surface area (Å²) in [7, 11) is 1.33. The molecule has 1 aromatic heterocycles. The predicted octanol–water partition coefficient (Wildman–Crippen LogP) is 2.62. The molecule has 0 fully saturated rings. The quantitative estimate of drug-likeness (QED) is 0.755. The number of ether oxygens (including phenoxy) is 1. The maximum Gasteiger partial charge on any atom is 0.337 e. The molecule has 2 aromatic carbocycles. The molecule has 22 heavy (non-hydrogen) atoms. The summed E-state index contributed by atoms with van der Waals surface area (Å²) in [4.78, 5) is 23.5. The van der Waals surface area contributed by atoms with E-state index in [1.165, 1.54) is 11.8 Å². The first-order chi connectivity index (χ1) is 10.7. The summed E-state index contributed by atoms with van der Waals surface area (Å²) >= 11 is 0. The standard InChI is InChI=1S/C17H14N2O3/c1-22-17(21)13-7-9-14(10-8-13)19-16(20)11-15(18-19)12-5-3-2-4-6-12/h2-11,18H,1H3. The number of carbonyl (C=O) groups is 1. The number of benzene rings is 2. The lowest BCUT2D eigenvalue weighted by Gasteiger charge is -2.04. The number of rotatable bonds is 3. The van der Waals surface area contributed by atoms with Crippen LogP contribution in [0.3, 0.4) is 0 Å². The molecule has 0 atom stereocenters. The van der Waals surface area contributed by atoms with E-state index >= 15 is 0 Å². The third-order valence-electron chi connectivity index (χ3n) is 3.35. The molecule has 5 nitrogen and oxygen atoms in total. The molecule has 0 bridgehead atoms. The number of aromatic amines is 1. The lowest BCUT2D eigenvalue weighted by atomic mass is 10.2. The normalized spacial score (nSPS) is 10.4. The second-order valence-corrected chi connectivity index (χ2v) is 4.75. The molecular formula is C17H14N2O3. The smallest absolute Gasteiger partial charge is 0.337 e. The third-order valence-corrected chi connectivity index (χ3v) is 3.35. The van der Waals surface area contributed by atoms with E-state index in [1.807, 2.05) is 30.3 Å². The zero-order valence-electron chi connectivity index (χ0n) is 11.9. The van der Waals surface area contributed by atoms with E-state index < -0.39 is 5.97 Å². The van der Waals surface area contributed by atoms with Crippen LogP contribution in [0.2, 0.25) is 0 Å². The second kappa shape index (κ2) is 5.73. The minimum absolute atomic E-state index is 0.162. The van der Waals surface area contributed by atoms with Crippen molar-refractivity contribution in [3.8, 4) is 16.9 Å². The highest BCUT2D eigenvalue weighted by Gasteiger charge is 2.09. The highest BCUT2D eigenvalue weighted by Crippen LogP contribution is 2.16. The lowest BCUT2D eigenvalue weighted by molar-refractivity contribution is 0.0601. The summed E-state index contributed by atoms with van der Waals surface area (Å²) in [6, 6.07) is 17.8. The van der Waals surface area contributed by atoms with Gasteiger partial charge in [0, 0.05) is 6.07 Å². The van der Waals surface area contributed by atoms with Crippen LogP contribution in [0.25, 0.3) is 16.9 Å². The van der Waals surface area contributed by atoms with Crippen molar-refractivity contribution in [3.05, 3.63) is 76.6 Å². The van der Waals surface area contributed by atoms with E-state index in [1.54, 1.807) is 30.3 Å². The Balaban J connectivity index is 1.97. The van der Waals surface area contributed by atoms with Crippen LogP contribution in [0.5, 0.6) is 0 Å². The Hall–Kier alpha value is -3.08. The van der Waals surface area contributed by atoms with E-state index in [0.29, 0.717) is 11.3 Å². The molecule has 1 N–H and O–H groups in total. The van der Waals surface area contributed by atoms with Gasteiger partial charge in [-0.2, -0.15) is 0 Å². The summed E-state index contributed by atoms with van der Waals surface area (Å²) in [6.45, 7) is 0. The molecule has 0 aliphatic rings. The summed E-state index contributed by atoms with van der Waals surface area (Å²) in [6.07, 6.45) is 0. The Morgan fingerprint density at radius 2 is 1.73 bits per heavy atom. The number of methoxy groups -OCH3 is 1. The van der Waals surface area contributed by atoms with E-state index in [9.17, 15) is 9.59 Å². The fourth-order valence-electron chi connectivity index (χ4n) is 2.22. The maximum absolute atomic E-state index is 12.1. The molecule has 0 spiro atoms. The molecule has 0 saturated carbocycles. The van der Waals surface area contributed by atoms with Crippen LogP contribution < -0.4 is 5.56 Å². The predicted molar refractivity (Wildman–Crippen MR) is 83.2 cm³/mol. The van der Waals surface area contributed by atoms with Crippen molar-refractivity contribution >= 4 is 5.97 Å². The molecule has 0 amide bonds. The van der Waals surface area contributed by atoms with Gasteiger partial charge in [-0.05, 0) is 29.8 Å². The van der Waals surface area contributed by atoms with Crippen molar-refractivity contribution in [3.63, 3.8) is 0 Å². The first-order valence-corrected chi connectivity index (χ1v) is 6.75. The van der Waals surface area contributed by atoms with E-state index in [4.69, 9.17) is 0 Å². The first-order valence-electron chi connectivity index (χ1n) is 6.75. The van der Waals surface area contributed by atoms with E-state index in [0.717, 1.165) is 11.3 Å². The highest BCUT2D eigenvalue weighted by atomic mass is 16.5. The van der Waals surface area contributed by atoms with Crippen LogP contribution >= 0.6 is 0 Å². The molecule has 0 aliphatic heterocycles. The van der Waals surface area contributed by atoms with Gasteiger partial charge in [0.05, 0.1) is 24.1 Å². The molecule has 3 rings (SSSR count). The van der Waals surface area contributed by atoms with Crippen molar-refractivity contribution in [2.45, 2.75) is 0 Å². The number of hydrogen-bond acceptors (Lipinski definition) is 3. The van der Waals surface area contributed by atoms with Crippen LogP contribution in [-0.4, -0.2) is 22.9 Å². The molecule has 0 saturated heterocycles. The Bertz CT molecular complexity index is 846. The van der Waals surface area contributed by atoms with Gasteiger partial charge in [0.2, 0.25) is 0 Å². The number of esters is 1. The van der Waals surface area contributed by atoms with Gasteiger partial charge in [0.25, 0.3) is 5.56 Å². The monoisotopic (exact) mass is 294 g/mol. The van der Waals surface area contributed by atoms with E-state index in [-0.39, 0.29) is 5.56 Å². The van der Waals surface area contributed by atoms with Crippen LogP contribution in [0.4, 0.5) is 0 Å². The van der Waals surface area contributed by atoms with Gasteiger partial charge >= 0.3 is 5.97 Å². The number of hydrogen-bond donors (Lipinski definition) is 1. The van der Waals surface area contributed by atoms with Crippen LogP contribution in [0, 0.1) is 0 Å². The second-order valence-electron chi connectivity index (χ2n) is 4.75. The van der Waals surface area contributed by atoms with Gasteiger partial charge in [0.1, 0.15) is 0 Å². The van der Waals surface area contributed by atoms with Crippen molar-refractivity contribution in [2.75, 3.05) is 7.11 Å². The minimum Gasteiger partial charge on any atom is -0.465 e. The topological polar surface area (TPSA) is 64.1 Å². The SMILES string of the molecule is COC(=O)c1ccc(-n2[nH]c(-c3ccccc3)cc2=O)cc1. The molecular weight excluding hydrogens is 280 g/mol. The first kappa shape index (κ1) is 13.9. The highest BCUT2D eigenvalue weighted by molar-refractivity contribution is 5.89. The third kappa shape index (κ3) is 2.56. The molecule has 0 radical (unpaired) electrons. The van der Waals surface area contributed by atoms with Gasteiger partial charge in [0.15, 0.2) is 0 Å². The van der Waals surface area contributed by atoms with Gasteiger partial charge < -0.3 is 4.74 Å². The average Bonchev–Trinajstić information content (AvgIpc) is 2.97. The van der Waals surface area contributed by atoms with Crippen LogP contribution in [-0.2, 0) is 4.74 Å². The minimum atomic E-state index is -0.407. The zero-order chi connectivity index (χ0) is 15.5. The zero-order valence-corrected chi connectivity index (χ0v) is 11.9. The molecule has 0 aliphatic carbocycles. The van der Waals surface area contributed by atoms with Crippen molar-refractivity contribution in [2.24, 2.45) is 0 Å². The summed E-state index contributed by atoms with van der Waals surface area (Å²) in [5.41, 5.74) is 2.60. The summed E-state index contributed by atoms with van der Waals surface area (Å²) < 4.78 is 6.09. The van der Waals surface area contributed by atoms with Gasteiger partial charge in [-0.25, -0.2) is 9.48 Å². The Morgan fingerprint density at radius 1 is 1.05 bits per heavy atom. The number of carbonyl (C=O) groups excluding carboxylic acids is 1. The molecule has 5 heteroatoms. The Kier molecular flexibility index (Phi) is 3.62. The summed E-state index contributed by atoms with van der Waals surface area (Å²) in [5.74, 6) is -0.407. The average molecular weight is 294 g/mol. The Labute approximate surface area is 126 Å². The number of aromatic nitrogens is 2. The maximum atomic E-state index is 12.1. The fraction of sp³-hybridized carbons (Fsp3) is 0.0588.